The minimum Gasteiger partial charge on any atom is -0.378 e. The fourth-order valence-corrected chi connectivity index (χ4v) is 2.53. The number of hydrogen-bond donors (Lipinski definition) is 1. The summed E-state index contributed by atoms with van der Waals surface area (Å²) in [5, 5.41) is 10.8. The van der Waals surface area contributed by atoms with Crippen molar-refractivity contribution in [2.45, 2.75) is 12.8 Å². The molecule has 2 N–H and O–H groups in total. The molecule has 2 aromatic rings. The van der Waals surface area contributed by atoms with Crippen LogP contribution in [0.25, 0.3) is 0 Å². The first-order valence-electron chi connectivity index (χ1n) is 6.43. The average Bonchev–Trinajstić information content (AvgIpc) is 2.46. The molecule has 1 aliphatic rings. The largest absolute Gasteiger partial charge is 0.378 e. The molecular formula is C14H14N4O2. The van der Waals surface area contributed by atoms with Crippen LogP contribution in [0, 0.1) is 10.1 Å². The van der Waals surface area contributed by atoms with Crippen LogP contribution >= 0.6 is 0 Å². The van der Waals surface area contributed by atoms with Crippen molar-refractivity contribution in [3.05, 3.63) is 52.1 Å². The van der Waals surface area contributed by atoms with Crippen LogP contribution < -0.4 is 10.6 Å². The van der Waals surface area contributed by atoms with Gasteiger partial charge in [-0.15, -0.1) is 0 Å². The van der Waals surface area contributed by atoms with Crippen LogP contribution in [0.4, 0.5) is 23.0 Å². The Bertz CT molecular complexity index is 672. The summed E-state index contributed by atoms with van der Waals surface area (Å²) in [6, 6.07) is 11.2. The van der Waals surface area contributed by atoms with Crippen LogP contribution in [0.2, 0.25) is 0 Å². The summed E-state index contributed by atoms with van der Waals surface area (Å²) in [6.45, 7) is 0.835. The van der Waals surface area contributed by atoms with E-state index >= 15 is 0 Å². The minimum atomic E-state index is -0.518. The van der Waals surface area contributed by atoms with Crippen LogP contribution in [0.3, 0.4) is 0 Å². The van der Waals surface area contributed by atoms with Gasteiger partial charge in [0.25, 0.3) is 0 Å². The molecule has 0 atom stereocenters. The zero-order valence-corrected chi connectivity index (χ0v) is 10.8. The number of benzene rings is 1. The van der Waals surface area contributed by atoms with E-state index in [1.54, 1.807) is 6.07 Å². The lowest BCUT2D eigenvalue weighted by Crippen LogP contribution is -2.25. The molecular weight excluding hydrogens is 256 g/mol. The Morgan fingerprint density at radius 2 is 2.05 bits per heavy atom. The molecule has 0 amide bonds. The summed E-state index contributed by atoms with van der Waals surface area (Å²) >= 11 is 0. The minimum absolute atomic E-state index is 0.0458. The Kier molecular flexibility index (Phi) is 2.98. The fourth-order valence-electron chi connectivity index (χ4n) is 2.53. The Hall–Kier alpha value is -2.63. The molecule has 0 radical (unpaired) electrons. The van der Waals surface area contributed by atoms with E-state index in [-0.39, 0.29) is 11.5 Å². The number of nitrogens with two attached hydrogens (primary N) is 1. The van der Waals surface area contributed by atoms with Gasteiger partial charge in [-0.05, 0) is 30.5 Å². The number of fused-ring (bicyclic) bond motifs is 1. The number of nitro groups is 1. The summed E-state index contributed by atoms with van der Waals surface area (Å²) in [6.07, 6.45) is 2.06. The number of aromatic nitrogens is 1. The van der Waals surface area contributed by atoms with Crippen molar-refractivity contribution in [3.63, 3.8) is 0 Å². The van der Waals surface area contributed by atoms with Crippen LogP contribution in [0.15, 0.2) is 36.4 Å². The second-order valence-corrected chi connectivity index (χ2v) is 4.71. The summed E-state index contributed by atoms with van der Waals surface area (Å²) in [5.41, 5.74) is 7.87. The predicted molar refractivity (Wildman–Crippen MR) is 77.1 cm³/mol. The van der Waals surface area contributed by atoms with Crippen molar-refractivity contribution in [1.29, 1.82) is 0 Å². The van der Waals surface area contributed by atoms with E-state index < -0.39 is 4.92 Å². The molecule has 102 valence electrons. The lowest BCUT2D eigenvalue weighted by Gasteiger charge is -2.30. The molecule has 20 heavy (non-hydrogen) atoms. The first kappa shape index (κ1) is 12.4. The Balaban J connectivity index is 2.03. The molecule has 1 aromatic carbocycles. The third-order valence-electron chi connectivity index (χ3n) is 3.47. The first-order chi connectivity index (χ1) is 9.66. The summed E-state index contributed by atoms with van der Waals surface area (Å²) in [5.74, 6) is 0.607. The van der Waals surface area contributed by atoms with Crippen molar-refractivity contribution in [3.8, 4) is 0 Å². The van der Waals surface area contributed by atoms with Gasteiger partial charge in [0.2, 0.25) is 5.82 Å². The smallest absolute Gasteiger partial charge is 0.311 e. The fraction of sp³-hybridized carbons (Fsp3) is 0.214. The van der Waals surface area contributed by atoms with Crippen molar-refractivity contribution in [1.82, 2.24) is 4.98 Å². The standard InChI is InChI=1S/C14H14N4O2/c15-14-12(18(19)20)7-8-13(16-14)17-9-3-5-10-4-1-2-6-11(10)17/h1-2,4,6-8H,3,5,9H2,(H2,15,16). The molecule has 0 saturated carbocycles. The maximum atomic E-state index is 10.8. The van der Waals surface area contributed by atoms with Gasteiger partial charge in [-0.25, -0.2) is 4.98 Å². The van der Waals surface area contributed by atoms with Gasteiger partial charge in [-0.2, -0.15) is 0 Å². The molecule has 0 spiro atoms. The first-order valence-corrected chi connectivity index (χ1v) is 6.43. The Morgan fingerprint density at radius 1 is 1.25 bits per heavy atom. The van der Waals surface area contributed by atoms with Crippen molar-refractivity contribution < 1.29 is 4.92 Å². The molecule has 0 fully saturated rings. The number of aryl methyl sites for hydroxylation is 1. The maximum absolute atomic E-state index is 10.8. The maximum Gasteiger partial charge on any atom is 0.311 e. The zero-order chi connectivity index (χ0) is 14.1. The highest BCUT2D eigenvalue weighted by atomic mass is 16.6. The van der Waals surface area contributed by atoms with Crippen molar-refractivity contribution in [2.75, 3.05) is 17.2 Å². The highest BCUT2D eigenvalue weighted by Gasteiger charge is 2.21. The second kappa shape index (κ2) is 4.80. The van der Waals surface area contributed by atoms with E-state index in [0.717, 1.165) is 25.1 Å². The summed E-state index contributed by atoms with van der Waals surface area (Å²) in [7, 11) is 0. The highest BCUT2D eigenvalue weighted by Crippen LogP contribution is 2.33. The second-order valence-electron chi connectivity index (χ2n) is 4.71. The van der Waals surface area contributed by atoms with E-state index in [9.17, 15) is 10.1 Å². The molecule has 2 heterocycles. The van der Waals surface area contributed by atoms with Crippen LogP contribution in [0.5, 0.6) is 0 Å². The number of nitrogen functional groups attached to an aromatic ring is 1. The molecule has 0 bridgehead atoms. The van der Waals surface area contributed by atoms with E-state index in [1.807, 2.05) is 18.2 Å². The molecule has 1 aliphatic heterocycles. The van der Waals surface area contributed by atoms with Crippen molar-refractivity contribution in [2.24, 2.45) is 0 Å². The normalized spacial score (nSPS) is 13.9. The monoisotopic (exact) mass is 270 g/mol. The van der Waals surface area contributed by atoms with Crippen molar-refractivity contribution >= 4 is 23.0 Å². The van der Waals surface area contributed by atoms with Gasteiger partial charge in [-0.3, -0.25) is 10.1 Å². The molecule has 0 unspecified atom stereocenters. The third-order valence-corrected chi connectivity index (χ3v) is 3.47. The summed E-state index contributed by atoms with van der Waals surface area (Å²) in [4.78, 5) is 16.5. The average molecular weight is 270 g/mol. The van der Waals surface area contributed by atoms with Gasteiger partial charge >= 0.3 is 5.69 Å². The van der Waals surface area contributed by atoms with E-state index in [0.29, 0.717) is 5.82 Å². The van der Waals surface area contributed by atoms with Gasteiger partial charge in [-0.1, -0.05) is 18.2 Å². The van der Waals surface area contributed by atoms with Crippen LogP contribution in [-0.2, 0) is 6.42 Å². The molecule has 6 nitrogen and oxygen atoms in total. The quantitative estimate of drug-likeness (QED) is 0.669. The molecule has 0 saturated heterocycles. The molecule has 6 heteroatoms. The number of rotatable bonds is 2. The number of nitrogens with zero attached hydrogens (tertiary/aromatic N) is 3. The number of anilines is 3. The summed E-state index contributed by atoms with van der Waals surface area (Å²) < 4.78 is 0. The van der Waals surface area contributed by atoms with E-state index in [1.165, 1.54) is 11.6 Å². The van der Waals surface area contributed by atoms with Crippen LogP contribution in [-0.4, -0.2) is 16.5 Å². The van der Waals surface area contributed by atoms with E-state index in [4.69, 9.17) is 5.73 Å². The van der Waals surface area contributed by atoms with Gasteiger partial charge in [0.15, 0.2) is 0 Å². The number of pyridine rings is 1. The molecule has 3 rings (SSSR count). The van der Waals surface area contributed by atoms with Gasteiger partial charge in [0.1, 0.15) is 5.82 Å². The zero-order valence-electron chi connectivity index (χ0n) is 10.8. The van der Waals surface area contributed by atoms with E-state index in [2.05, 4.69) is 16.0 Å². The highest BCUT2D eigenvalue weighted by molar-refractivity contribution is 5.68. The Labute approximate surface area is 116 Å². The lowest BCUT2D eigenvalue weighted by atomic mass is 10.0. The van der Waals surface area contributed by atoms with Gasteiger partial charge in [0, 0.05) is 18.3 Å². The van der Waals surface area contributed by atoms with Gasteiger partial charge < -0.3 is 10.6 Å². The number of para-hydroxylation sites is 1. The predicted octanol–water partition coefficient (Wildman–Crippen LogP) is 2.66. The Morgan fingerprint density at radius 3 is 2.80 bits per heavy atom. The topological polar surface area (TPSA) is 85.3 Å². The van der Waals surface area contributed by atoms with Gasteiger partial charge in [0.05, 0.1) is 4.92 Å². The molecule has 1 aromatic heterocycles. The SMILES string of the molecule is Nc1nc(N2CCCc3ccccc32)ccc1[N+](=O)[O-]. The number of hydrogen-bond acceptors (Lipinski definition) is 5. The third kappa shape index (κ3) is 2.05. The van der Waals surface area contributed by atoms with Crippen LogP contribution in [0.1, 0.15) is 12.0 Å². The molecule has 0 aliphatic carbocycles. The lowest BCUT2D eigenvalue weighted by molar-refractivity contribution is -0.384.